The first-order chi connectivity index (χ1) is 22.6. The van der Waals surface area contributed by atoms with Crippen molar-refractivity contribution in [1.29, 1.82) is 0 Å². The first-order valence-corrected chi connectivity index (χ1v) is 16.1. The van der Waals surface area contributed by atoms with Gasteiger partial charge in [-0.1, -0.05) is 110 Å². The molecule has 4 atom stereocenters. The van der Waals surface area contributed by atoms with E-state index in [0.29, 0.717) is 13.1 Å². The van der Waals surface area contributed by atoms with Gasteiger partial charge in [0.15, 0.2) is 6.29 Å². The Morgan fingerprint density at radius 1 is 0.783 bits per heavy atom. The summed E-state index contributed by atoms with van der Waals surface area (Å²) in [6.45, 7) is 7.17. The van der Waals surface area contributed by atoms with Crippen LogP contribution in [0.5, 0.6) is 0 Å². The lowest BCUT2D eigenvalue weighted by Gasteiger charge is -2.43. The fourth-order valence-corrected chi connectivity index (χ4v) is 6.16. The third-order valence-electron chi connectivity index (χ3n) is 8.91. The summed E-state index contributed by atoms with van der Waals surface area (Å²) in [6, 6.07) is 34.1. The number of benzene rings is 4. The van der Waals surface area contributed by atoms with Gasteiger partial charge in [-0.2, -0.15) is 0 Å². The van der Waals surface area contributed by atoms with Gasteiger partial charge in [0, 0.05) is 44.2 Å². The molecule has 2 saturated heterocycles. The van der Waals surface area contributed by atoms with Gasteiger partial charge in [-0.3, -0.25) is 4.90 Å². The van der Waals surface area contributed by atoms with Gasteiger partial charge >= 0.3 is 6.03 Å². The maximum atomic E-state index is 12.5. The van der Waals surface area contributed by atoms with E-state index in [1.165, 1.54) is 0 Å². The molecule has 2 amide bonds. The second-order valence-electron chi connectivity index (χ2n) is 12.0. The zero-order valence-corrected chi connectivity index (χ0v) is 26.3. The van der Waals surface area contributed by atoms with Crippen LogP contribution in [0.15, 0.2) is 103 Å². The van der Waals surface area contributed by atoms with Crippen molar-refractivity contribution in [3.05, 3.63) is 131 Å². The molecule has 0 aliphatic carbocycles. The number of ether oxygens (including phenoxy) is 3. The first kappa shape index (κ1) is 31.9. The predicted molar refractivity (Wildman–Crippen MR) is 178 cm³/mol. The fraction of sp³-hybridized carbons (Fsp3) is 0.342. The largest absolute Gasteiger partial charge is 0.392 e. The summed E-state index contributed by atoms with van der Waals surface area (Å²) in [7, 11) is 0. The molecule has 240 valence electrons. The topological polar surface area (TPSA) is 92.3 Å². The fourth-order valence-electron chi connectivity index (χ4n) is 6.16. The Balaban J connectivity index is 1.16. The van der Waals surface area contributed by atoms with Crippen LogP contribution < -0.4 is 10.6 Å². The van der Waals surface area contributed by atoms with E-state index in [1.54, 1.807) is 0 Å². The molecule has 46 heavy (non-hydrogen) atoms. The quantitative estimate of drug-likeness (QED) is 0.202. The van der Waals surface area contributed by atoms with Crippen molar-refractivity contribution in [1.82, 2.24) is 15.5 Å². The van der Waals surface area contributed by atoms with Crippen LogP contribution in [0, 0.1) is 5.92 Å². The molecule has 0 unspecified atom stereocenters. The molecule has 0 aromatic heterocycles. The Morgan fingerprint density at radius 2 is 1.46 bits per heavy atom. The lowest BCUT2D eigenvalue weighted by molar-refractivity contribution is -0.277. The Hall–Kier alpha value is -4.05. The zero-order chi connectivity index (χ0) is 31.7. The van der Waals surface area contributed by atoms with Crippen LogP contribution in [0.2, 0.25) is 0 Å². The van der Waals surface area contributed by atoms with E-state index in [9.17, 15) is 9.90 Å². The molecule has 8 nitrogen and oxygen atoms in total. The minimum atomic E-state index is -0.524. The van der Waals surface area contributed by atoms with Gasteiger partial charge in [-0.25, -0.2) is 4.79 Å². The molecule has 3 N–H and O–H groups in total. The molecule has 4 aromatic carbocycles. The number of aliphatic hydroxyl groups is 1. The van der Waals surface area contributed by atoms with E-state index in [-0.39, 0.29) is 30.8 Å². The molecule has 0 saturated carbocycles. The highest BCUT2D eigenvalue weighted by atomic mass is 16.7. The smallest absolute Gasteiger partial charge is 0.315 e. The Labute approximate surface area is 271 Å². The van der Waals surface area contributed by atoms with Crippen LogP contribution in [-0.4, -0.2) is 55.0 Å². The molecule has 2 fully saturated rings. The number of nitrogens with zero attached hydrogens (tertiary/aromatic N) is 1. The highest BCUT2D eigenvalue weighted by molar-refractivity contribution is 5.75. The molecule has 0 bridgehead atoms. The molecule has 0 spiro atoms. The summed E-state index contributed by atoms with van der Waals surface area (Å²) in [5.41, 5.74) is 7.10. The summed E-state index contributed by atoms with van der Waals surface area (Å²) in [6.07, 6.45) is -0.708. The second-order valence-corrected chi connectivity index (χ2v) is 12.0. The third kappa shape index (κ3) is 8.02. The number of nitrogens with one attached hydrogen (secondary N) is 2. The van der Waals surface area contributed by atoms with Gasteiger partial charge in [-0.05, 0) is 33.4 Å². The number of carbonyl (C=O) groups is 1. The summed E-state index contributed by atoms with van der Waals surface area (Å²) in [5, 5.41) is 15.5. The number of rotatable bonds is 10. The second kappa shape index (κ2) is 15.5. The number of amides is 2. The number of aliphatic hydroxyl groups excluding tert-OH is 1. The number of urea groups is 1. The maximum absolute atomic E-state index is 12.5. The molecule has 0 radical (unpaired) electrons. The van der Waals surface area contributed by atoms with Crippen LogP contribution >= 0.6 is 0 Å². The van der Waals surface area contributed by atoms with Crippen molar-refractivity contribution >= 4 is 6.03 Å². The third-order valence-corrected chi connectivity index (χ3v) is 8.91. The predicted octanol–water partition coefficient (Wildman–Crippen LogP) is 5.97. The zero-order valence-electron chi connectivity index (χ0n) is 26.3. The van der Waals surface area contributed by atoms with E-state index >= 15 is 0 Å². The van der Waals surface area contributed by atoms with Gasteiger partial charge in [0.1, 0.15) is 0 Å². The van der Waals surface area contributed by atoms with E-state index in [4.69, 9.17) is 14.2 Å². The SMILES string of the molecule is C[C@@H]1[C@H](CN2CCOCC2)O[C@H](c2ccc(-c3ccccc3CNC(=O)NCc3ccccc3)cc2)O[C@@H]1c1ccc(CO)cc1. The average molecular weight is 622 g/mol. The van der Waals surface area contributed by atoms with Crippen LogP contribution in [-0.2, 0) is 33.9 Å². The summed E-state index contributed by atoms with van der Waals surface area (Å²) >= 11 is 0. The molecular weight excluding hydrogens is 578 g/mol. The average Bonchev–Trinajstić information content (AvgIpc) is 3.12. The molecular formula is C38H43N3O5. The Kier molecular flexibility index (Phi) is 10.7. The number of morpholine rings is 1. The van der Waals surface area contributed by atoms with Gasteiger partial charge in [-0.15, -0.1) is 0 Å². The highest BCUT2D eigenvalue weighted by Gasteiger charge is 2.39. The molecule has 2 heterocycles. The van der Waals surface area contributed by atoms with E-state index in [0.717, 1.165) is 71.8 Å². The van der Waals surface area contributed by atoms with Crippen LogP contribution in [0.25, 0.3) is 11.1 Å². The summed E-state index contributed by atoms with van der Waals surface area (Å²) in [4.78, 5) is 14.9. The van der Waals surface area contributed by atoms with Crippen molar-refractivity contribution in [3.63, 3.8) is 0 Å². The van der Waals surface area contributed by atoms with E-state index in [2.05, 4.69) is 64.9 Å². The van der Waals surface area contributed by atoms with E-state index in [1.807, 2.05) is 60.7 Å². The minimum absolute atomic E-state index is 0.0136. The highest BCUT2D eigenvalue weighted by Crippen LogP contribution is 2.42. The van der Waals surface area contributed by atoms with Crippen molar-refractivity contribution in [2.45, 2.75) is 45.1 Å². The monoisotopic (exact) mass is 621 g/mol. The molecule has 6 rings (SSSR count). The summed E-state index contributed by atoms with van der Waals surface area (Å²) < 4.78 is 18.9. The van der Waals surface area contributed by atoms with Crippen molar-refractivity contribution in [2.24, 2.45) is 5.92 Å². The Bertz CT molecular complexity index is 1540. The first-order valence-electron chi connectivity index (χ1n) is 16.1. The van der Waals surface area contributed by atoms with Crippen molar-refractivity contribution in [2.75, 3.05) is 32.8 Å². The molecule has 2 aliphatic heterocycles. The number of carbonyl (C=O) groups excluding carboxylic acids is 1. The molecule has 2 aliphatic rings. The van der Waals surface area contributed by atoms with Crippen LogP contribution in [0.1, 0.15) is 47.1 Å². The van der Waals surface area contributed by atoms with Crippen molar-refractivity contribution in [3.8, 4) is 11.1 Å². The standard InChI is InChI=1S/C38H43N3O5/c1-27-35(25-41-19-21-44-22-20-41)45-37(46-36(27)31-13-11-29(26-42)12-14-31)32-17-15-30(16-18-32)34-10-6-5-9-33(34)24-40-38(43)39-23-28-7-3-2-4-8-28/h2-18,27,35-37,42H,19-26H2,1H3,(H2,39,40,43)/t27-,35+,36+,37+/m1/s1. The Morgan fingerprint density at radius 3 is 2.20 bits per heavy atom. The van der Waals surface area contributed by atoms with Gasteiger partial charge in [0.25, 0.3) is 0 Å². The lowest BCUT2D eigenvalue weighted by Crippen LogP contribution is -2.47. The van der Waals surface area contributed by atoms with Gasteiger partial charge in [0.05, 0.1) is 32.0 Å². The number of hydrogen-bond acceptors (Lipinski definition) is 6. The van der Waals surface area contributed by atoms with Gasteiger partial charge in [0.2, 0.25) is 0 Å². The van der Waals surface area contributed by atoms with Gasteiger partial charge < -0.3 is 30.0 Å². The van der Waals surface area contributed by atoms with Crippen LogP contribution in [0.4, 0.5) is 4.79 Å². The van der Waals surface area contributed by atoms with E-state index < -0.39 is 6.29 Å². The molecule has 4 aromatic rings. The minimum Gasteiger partial charge on any atom is -0.392 e. The van der Waals surface area contributed by atoms with Crippen LogP contribution in [0.3, 0.4) is 0 Å². The van der Waals surface area contributed by atoms with Crippen molar-refractivity contribution < 1.29 is 24.1 Å². The summed E-state index contributed by atoms with van der Waals surface area (Å²) in [5.74, 6) is 0.127. The normalized spacial score (nSPS) is 21.9. The molecule has 8 heteroatoms. The lowest BCUT2D eigenvalue weighted by atomic mass is 9.90. The number of hydrogen-bond donors (Lipinski definition) is 3. The maximum Gasteiger partial charge on any atom is 0.315 e.